The topological polar surface area (TPSA) is 0 Å². The van der Waals surface area contributed by atoms with Gasteiger partial charge in [-0.25, -0.2) is 0 Å². The van der Waals surface area contributed by atoms with Crippen LogP contribution in [0.25, 0.3) is 6.08 Å². The number of aryl methyl sites for hydroxylation is 1. The Morgan fingerprint density at radius 3 is 1.93 bits per heavy atom. The molecule has 27 heavy (non-hydrogen) atoms. The van der Waals surface area contributed by atoms with E-state index in [1.54, 1.807) is 0 Å². The lowest BCUT2D eigenvalue weighted by Crippen LogP contribution is -1.86. The Balaban J connectivity index is 1.86. The maximum absolute atomic E-state index is 3.13. The van der Waals surface area contributed by atoms with Crippen LogP contribution in [-0.4, -0.2) is 0 Å². The Morgan fingerprint density at radius 1 is 0.704 bits per heavy atom. The van der Waals surface area contributed by atoms with Crippen molar-refractivity contribution in [2.75, 3.05) is 0 Å². The first kappa shape index (κ1) is 20.6. The molecule has 0 aliphatic rings. The molecule has 0 heteroatoms. The zero-order chi connectivity index (χ0) is 19.2. The Labute approximate surface area is 165 Å². The lowest BCUT2D eigenvalue weighted by molar-refractivity contribution is 0.667. The molecule has 0 amide bonds. The van der Waals surface area contributed by atoms with Crippen LogP contribution >= 0.6 is 0 Å². The molecule has 0 saturated heterocycles. The Morgan fingerprint density at radius 2 is 1.33 bits per heavy atom. The van der Waals surface area contributed by atoms with Crippen molar-refractivity contribution < 1.29 is 0 Å². The van der Waals surface area contributed by atoms with E-state index in [0.717, 1.165) is 24.0 Å². The van der Waals surface area contributed by atoms with E-state index < -0.39 is 0 Å². The average Bonchev–Trinajstić information content (AvgIpc) is 2.71. The van der Waals surface area contributed by atoms with Crippen LogP contribution in [0.3, 0.4) is 0 Å². The molecule has 0 nitrogen and oxygen atoms in total. The first-order chi connectivity index (χ1) is 13.3. The third kappa shape index (κ3) is 8.48. The third-order valence-corrected chi connectivity index (χ3v) is 4.43. The van der Waals surface area contributed by atoms with Crippen LogP contribution in [0.1, 0.15) is 74.6 Å². The first-order valence-corrected chi connectivity index (χ1v) is 10.2. The molecule has 0 saturated carbocycles. The molecule has 0 unspecified atom stereocenters. The fraction of sp³-hybridized carbons (Fsp3) is 0.333. The molecule has 0 N–H and O–H groups in total. The summed E-state index contributed by atoms with van der Waals surface area (Å²) in [6.07, 6.45) is 13.1. The summed E-state index contributed by atoms with van der Waals surface area (Å²) < 4.78 is 0. The zero-order valence-corrected chi connectivity index (χ0v) is 16.7. The SMILES string of the molecule is CCC/C=C/c1ccc(C#CC#Cc2ccc(CCCCCC)cc2)cc1. The Kier molecular flexibility index (Phi) is 9.63. The van der Waals surface area contributed by atoms with Crippen LogP contribution in [0.5, 0.6) is 0 Å². The predicted octanol–water partition coefficient (Wildman–Crippen LogP) is 7.03. The monoisotopic (exact) mass is 354 g/mol. The average molecular weight is 355 g/mol. The van der Waals surface area contributed by atoms with E-state index >= 15 is 0 Å². The van der Waals surface area contributed by atoms with Crippen LogP contribution in [0.15, 0.2) is 54.6 Å². The van der Waals surface area contributed by atoms with Gasteiger partial charge in [-0.1, -0.05) is 87.8 Å². The van der Waals surface area contributed by atoms with Gasteiger partial charge in [0, 0.05) is 11.1 Å². The summed E-state index contributed by atoms with van der Waals surface area (Å²) in [5, 5.41) is 0. The predicted molar refractivity (Wildman–Crippen MR) is 118 cm³/mol. The van der Waals surface area contributed by atoms with Gasteiger partial charge in [0.05, 0.1) is 0 Å². The van der Waals surface area contributed by atoms with Gasteiger partial charge in [-0.15, -0.1) is 0 Å². The number of hydrogen-bond acceptors (Lipinski definition) is 0. The summed E-state index contributed by atoms with van der Waals surface area (Å²) in [5.41, 5.74) is 4.64. The molecule has 0 fully saturated rings. The van der Waals surface area contributed by atoms with Crippen molar-refractivity contribution in [3.05, 3.63) is 76.9 Å². The number of rotatable bonds is 8. The second-order valence-electron chi connectivity index (χ2n) is 6.82. The molecule has 0 bridgehead atoms. The fourth-order valence-electron chi connectivity index (χ4n) is 2.78. The largest absolute Gasteiger partial charge is 0.0840 e. The van der Waals surface area contributed by atoms with E-state index in [-0.39, 0.29) is 0 Å². The molecule has 0 radical (unpaired) electrons. The van der Waals surface area contributed by atoms with Gasteiger partial charge in [0.25, 0.3) is 0 Å². The Bertz CT molecular complexity index is 812. The molecule has 138 valence electrons. The van der Waals surface area contributed by atoms with Gasteiger partial charge >= 0.3 is 0 Å². The highest BCUT2D eigenvalue weighted by molar-refractivity contribution is 5.52. The molecule has 0 heterocycles. The van der Waals surface area contributed by atoms with Crippen molar-refractivity contribution in [2.45, 2.75) is 58.8 Å². The summed E-state index contributed by atoms with van der Waals surface area (Å²) >= 11 is 0. The van der Waals surface area contributed by atoms with Crippen molar-refractivity contribution in [1.29, 1.82) is 0 Å². The van der Waals surface area contributed by atoms with Crippen molar-refractivity contribution in [2.24, 2.45) is 0 Å². The number of allylic oxidation sites excluding steroid dienone is 1. The maximum Gasteiger partial charge on any atom is 0.0255 e. The van der Waals surface area contributed by atoms with Crippen molar-refractivity contribution in [3.8, 4) is 23.7 Å². The molecule has 0 aliphatic heterocycles. The first-order valence-electron chi connectivity index (χ1n) is 10.2. The summed E-state index contributed by atoms with van der Waals surface area (Å²) in [6, 6.07) is 16.9. The quantitative estimate of drug-likeness (QED) is 0.353. The van der Waals surface area contributed by atoms with Crippen molar-refractivity contribution in [1.82, 2.24) is 0 Å². The van der Waals surface area contributed by atoms with Crippen molar-refractivity contribution >= 4 is 6.08 Å². The smallest absolute Gasteiger partial charge is 0.0255 e. The second kappa shape index (κ2) is 12.6. The van der Waals surface area contributed by atoms with Gasteiger partial charge in [0.15, 0.2) is 0 Å². The van der Waals surface area contributed by atoms with Gasteiger partial charge < -0.3 is 0 Å². The third-order valence-electron chi connectivity index (χ3n) is 4.43. The number of hydrogen-bond donors (Lipinski definition) is 0. The minimum absolute atomic E-state index is 0.999. The number of unbranched alkanes of at least 4 members (excludes halogenated alkanes) is 4. The molecule has 0 aromatic heterocycles. The lowest BCUT2D eigenvalue weighted by Gasteiger charge is -2.01. The normalized spacial score (nSPS) is 10.1. The molecule has 0 spiro atoms. The molecular weight excluding hydrogens is 324 g/mol. The highest BCUT2D eigenvalue weighted by Gasteiger charge is 1.94. The molecule has 0 atom stereocenters. The fourth-order valence-corrected chi connectivity index (χ4v) is 2.78. The van der Waals surface area contributed by atoms with E-state index in [1.807, 2.05) is 12.1 Å². The van der Waals surface area contributed by atoms with E-state index in [9.17, 15) is 0 Å². The summed E-state index contributed by atoms with van der Waals surface area (Å²) in [7, 11) is 0. The standard InChI is InChI=1S/C27H30/c1-3-5-7-9-13-25-18-22-27(23-19-25)15-11-10-14-26-20-16-24(17-21-26)12-8-6-4-2/h8,12,16-23H,3-7,9,13H2,1-2H3/b12-8+. The van der Waals surface area contributed by atoms with Crippen LogP contribution in [0, 0.1) is 23.7 Å². The highest BCUT2D eigenvalue weighted by atomic mass is 14.0. The molecule has 0 aliphatic carbocycles. The summed E-state index contributed by atoms with van der Waals surface area (Å²) in [5.74, 6) is 12.2. The second-order valence-corrected chi connectivity index (χ2v) is 6.82. The van der Waals surface area contributed by atoms with Crippen LogP contribution in [0.4, 0.5) is 0 Å². The van der Waals surface area contributed by atoms with Gasteiger partial charge in [-0.05, 0) is 66.5 Å². The molecular formula is C27H30. The molecule has 2 aromatic rings. The van der Waals surface area contributed by atoms with Gasteiger partial charge in [-0.2, -0.15) is 0 Å². The Hall–Kier alpha value is -2.70. The molecule has 2 rings (SSSR count). The van der Waals surface area contributed by atoms with Crippen LogP contribution < -0.4 is 0 Å². The van der Waals surface area contributed by atoms with Crippen LogP contribution in [0.2, 0.25) is 0 Å². The summed E-state index contributed by atoms with van der Waals surface area (Å²) in [4.78, 5) is 0. The van der Waals surface area contributed by atoms with Gasteiger partial charge in [0.1, 0.15) is 0 Å². The minimum atomic E-state index is 0.999. The van der Waals surface area contributed by atoms with E-state index in [2.05, 4.69) is 86.1 Å². The summed E-state index contributed by atoms with van der Waals surface area (Å²) in [6.45, 7) is 4.43. The van der Waals surface area contributed by atoms with Crippen LogP contribution in [-0.2, 0) is 6.42 Å². The molecule has 2 aromatic carbocycles. The maximum atomic E-state index is 3.13. The van der Waals surface area contributed by atoms with Gasteiger partial charge in [0.2, 0.25) is 0 Å². The minimum Gasteiger partial charge on any atom is -0.0840 e. The lowest BCUT2D eigenvalue weighted by atomic mass is 10.0. The van der Waals surface area contributed by atoms with E-state index in [1.165, 1.54) is 43.2 Å². The van der Waals surface area contributed by atoms with Gasteiger partial charge in [-0.3, -0.25) is 0 Å². The number of benzene rings is 2. The van der Waals surface area contributed by atoms with Crippen molar-refractivity contribution in [3.63, 3.8) is 0 Å². The zero-order valence-electron chi connectivity index (χ0n) is 16.7. The highest BCUT2D eigenvalue weighted by Crippen LogP contribution is 2.09. The van der Waals surface area contributed by atoms with E-state index in [4.69, 9.17) is 0 Å². The van der Waals surface area contributed by atoms with E-state index in [0.29, 0.717) is 0 Å².